The second-order valence-corrected chi connectivity index (χ2v) is 6.64. The first-order valence-electron chi connectivity index (χ1n) is 5.96. The number of hydrogen-bond donors (Lipinski definition) is 1. The van der Waals surface area contributed by atoms with Gasteiger partial charge in [0.25, 0.3) is 0 Å². The van der Waals surface area contributed by atoms with Gasteiger partial charge < -0.3 is 10.6 Å². The summed E-state index contributed by atoms with van der Waals surface area (Å²) in [5, 5.41) is 0. The highest BCUT2D eigenvalue weighted by atomic mass is 32.2. The smallest absolute Gasteiger partial charge is 0.243 e. The molecule has 0 unspecified atom stereocenters. The van der Waals surface area contributed by atoms with Gasteiger partial charge in [0.15, 0.2) is 0 Å². The number of nitrogens with zero attached hydrogens (tertiary/aromatic N) is 2. The molecule has 1 fully saturated rings. The minimum atomic E-state index is -3.38. The van der Waals surface area contributed by atoms with Gasteiger partial charge in [-0.15, -0.1) is 0 Å². The number of piperazine rings is 1. The monoisotopic (exact) mass is 269 g/mol. The lowest BCUT2D eigenvalue weighted by Gasteiger charge is -2.31. The summed E-state index contributed by atoms with van der Waals surface area (Å²) >= 11 is 0. The van der Waals surface area contributed by atoms with Gasteiger partial charge in [0.05, 0.1) is 4.90 Å². The molecule has 1 aliphatic rings. The number of rotatable bonds is 2. The Balaban J connectivity index is 2.30. The van der Waals surface area contributed by atoms with Gasteiger partial charge in [0.1, 0.15) is 0 Å². The predicted molar refractivity (Wildman–Crippen MR) is 71.8 cm³/mol. The van der Waals surface area contributed by atoms with Crippen LogP contribution in [0.1, 0.15) is 5.56 Å². The maximum atomic E-state index is 12.5. The van der Waals surface area contributed by atoms with E-state index in [2.05, 4.69) is 4.90 Å². The van der Waals surface area contributed by atoms with E-state index in [1.165, 1.54) is 0 Å². The summed E-state index contributed by atoms with van der Waals surface area (Å²) in [4.78, 5) is 2.49. The van der Waals surface area contributed by atoms with Crippen molar-refractivity contribution in [1.82, 2.24) is 9.21 Å². The van der Waals surface area contributed by atoms with E-state index < -0.39 is 10.0 Å². The van der Waals surface area contributed by atoms with Crippen molar-refractivity contribution in [3.8, 4) is 0 Å². The number of nitrogen functional groups attached to an aromatic ring is 1. The standard InChI is InChI=1S/C12H19N3O2S/c1-10-9-11(13)3-4-12(10)18(16,17)15-7-5-14(2)6-8-15/h3-4,9H,5-8,13H2,1-2H3. The van der Waals surface area contributed by atoms with Crippen LogP contribution in [-0.2, 0) is 10.0 Å². The summed E-state index contributed by atoms with van der Waals surface area (Å²) in [7, 11) is -1.38. The topological polar surface area (TPSA) is 66.6 Å². The molecule has 0 spiro atoms. The van der Waals surface area contributed by atoms with Crippen molar-refractivity contribution >= 4 is 15.7 Å². The van der Waals surface area contributed by atoms with E-state index in [4.69, 9.17) is 5.73 Å². The molecule has 18 heavy (non-hydrogen) atoms. The molecule has 5 nitrogen and oxygen atoms in total. The van der Waals surface area contributed by atoms with Gasteiger partial charge in [0.2, 0.25) is 10.0 Å². The number of sulfonamides is 1. The van der Waals surface area contributed by atoms with Crippen molar-refractivity contribution < 1.29 is 8.42 Å². The summed E-state index contributed by atoms with van der Waals surface area (Å²) in [6.45, 7) is 4.41. The summed E-state index contributed by atoms with van der Waals surface area (Å²) in [5.74, 6) is 0. The maximum Gasteiger partial charge on any atom is 0.243 e. The minimum absolute atomic E-state index is 0.362. The zero-order valence-electron chi connectivity index (χ0n) is 10.8. The van der Waals surface area contributed by atoms with E-state index in [9.17, 15) is 8.42 Å². The summed E-state index contributed by atoms with van der Waals surface area (Å²) in [6.07, 6.45) is 0. The highest BCUT2D eigenvalue weighted by Crippen LogP contribution is 2.22. The maximum absolute atomic E-state index is 12.5. The van der Waals surface area contributed by atoms with Crippen LogP contribution in [0.2, 0.25) is 0 Å². The van der Waals surface area contributed by atoms with Crippen LogP contribution in [0, 0.1) is 6.92 Å². The average molecular weight is 269 g/mol. The number of anilines is 1. The first-order valence-corrected chi connectivity index (χ1v) is 7.40. The van der Waals surface area contributed by atoms with Crippen LogP contribution in [0.4, 0.5) is 5.69 Å². The second-order valence-electron chi connectivity index (χ2n) is 4.73. The minimum Gasteiger partial charge on any atom is -0.399 e. The molecule has 0 aliphatic carbocycles. The van der Waals surface area contributed by atoms with Crippen molar-refractivity contribution in [3.63, 3.8) is 0 Å². The average Bonchev–Trinajstić information content (AvgIpc) is 2.29. The van der Waals surface area contributed by atoms with Gasteiger partial charge in [-0.3, -0.25) is 0 Å². The van der Waals surface area contributed by atoms with E-state index in [1.54, 1.807) is 29.4 Å². The van der Waals surface area contributed by atoms with Gasteiger partial charge in [-0.1, -0.05) is 0 Å². The normalized spacial score (nSPS) is 19.0. The van der Waals surface area contributed by atoms with Crippen LogP contribution in [0.5, 0.6) is 0 Å². The Morgan fingerprint density at radius 3 is 2.33 bits per heavy atom. The summed E-state index contributed by atoms with van der Waals surface area (Å²) in [5.41, 5.74) is 6.94. The van der Waals surface area contributed by atoms with Crippen molar-refractivity contribution in [3.05, 3.63) is 23.8 Å². The molecule has 2 rings (SSSR count). The van der Waals surface area contributed by atoms with Crippen molar-refractivity contribution in [1.29, 1.82) is 0 Å². The highest BCUT2D eigenvalue weighted by molar-refractivity contribution is 7.89. The fourth-order valence-electron chi connectivity index (χ4n) is 2.13. The molecule has 1 aliphatic heterocycles. The Labute approximate surface area is 108 Å². The van der Waals surface area contributed by atoms with Crippen molar-refractivity contribution in [2.24, 2.45) is 0 Å². The molecule has 0 atom stereocenters. The lowest BCUT2D eigenvalue weighted by atomic mass is 10.2. The van der Waals surface area contributed by atoms with Gasteiger partial charge in [-0.05, 0) is 37.7 Å². The highest BCUT2D eigenvalue weighted by Gasteiger charge is 2.28. The van der Waals surface area contributed by atoms with Crippen molar-refractivity contribution in [2.75, 3.05) is 39.0 Å². The van der Waals surface area contributed by atoms with Crippen LogP contribution in [0.25, 0.3) is 0 Å². The SMILES string of the molecule is Cc1cc(N)ccc1S(=O)(=O)N1CCN(C)CC1. The fraction of sp³-hybridized carbons (Fsp3) is 0.500. The number of benzene rings is 1. The van der Waals surface area contributed by atoms with E-state index >= 15 is 0 Å². The third kappa shape index (κ3) is 2.50. The lowest BCUT2D eigenvalue weighted by Crippen LogP contribution is -2.47. The van der Waals surface area contributed by atoms with E-state index in [0.29, 0.717) is 29.2 Å². The molecule has 0 bridgehead atoms. The number of nitrogens with two attached hydrogens (primary N) is 1. The van der Waals surface area contributed by atoms with Crippen LogP contribution in [0.3, 0.4) is 0 Å². The first kappa shape index (κ1) is 13.3. The second kappa shape index (κ2) is 4.87. The molecule has 1 saturated heterocycles. The summed E-state index contributed by atoms with van der Waals surface area (Å²) < 4.78 is 26.5. The Kier molecular flexibility index (Phi) is 3.61. The Morgan fingerprint density at radius 2 is 1.78 bits per heavy atom. The third-order valence-corrected chi connectivity index (χ3v) is 5.34. The van der Waals surface area contributed by atoms with E-state index in [0.717, 1.165) is 13.1 Å². The summed E-state index contributed by atoms with van der Waals surface area (Å²) in [6, 6.07) is 4.93. The molecule has 2 N–H and O–H groups in total. The van der Waals surface area contributed by atoms with Crippen LogP contribution in [-0.4, -0.2) is 50.8 Å². The fourth-order valence-corrected chi connectivity index (χ4v) is 3.76. The van der Waals surface area contributed by atoms with E-state index in [-0.39, 0.29) is 0 Å². The van der Waals surface area contributed by atoms with Crippen LogP contribution < -0.4 is 5.73 Å². The molecule has 0 saturated carbocycles. The van der Waals surface area contributed by atoms with E-state index in [1.807, 2.05) is 7.05 Å². The molecule has 6 heteroatoms. The molecule has 0 amide bonds. The quantitative estimate of drug-likeness (QED) is 0.795. The first-order chi connectivity index (χ1) is 8.41. The number of hydrogen-bond acceptors (Lipinski definition) is 4. The molecule has 1 aromatic rings. The van der Waals surface area contributed by atoms with Crippen LogP contribution in [0.15, 0.2) is 23.1 Å². The Hall–Kier alpha value is -1.11. The molecule has 1 heterocycles. The van der Waals surface area contributed by atoms with Gasteiger partial charge in [0, 0.05) is 31.9 Å². The van der Waals surface area contributed by atoms with Gasteiger partial charge >= 0.3 is 0 Å². The molecular formula is C12H19N3O2S. The number of aryl methyl sites for hydroxylation is 1. The largest absolute Gasteiger partial charge is 0.399 e. The van der Waals surface area contributed by atoms with Crippen molar-refractivity contribution in [2.45, 2.75) is 11.8 Å². The van der Waals surface area contributed by atoms with Gasteiger partial charge in [-0.2, -0.15) is 4.31 Å². The van der Waals surface area contributed by atoms with Crippen LogP contribution >= 0.6 is 0 Å². The predicted octanol–water partition coefficient (Wildman–Crippen LogP) is 0.513. The molecule has 1 aromatic carbocycles. The van der Waals surface area contributed by atoms with Gasteiger partial charge in [-0.25, -0.2) is 8.42 Å². The third-order valence-electron chi connectivity index (χ3n) is 3.28. The lowest BCUT2D eigenvalue weighted by molar-refractivity contribution is 0.222. The molecule has 0 radical (unpaired) electrons. The zero-order chi connectivity index (χ0) is 13.3. The Bertz CT molecular complexity index is 534. The molecule has 0 aromatic heterocycles. The molecule has 100 valence electrons. The number of likely N-dealkylation sites (N-methyl/N-ethyl adjacent to an activating group) is 1. The zero-order valence-corrected chi connectivity index (χ0v) is 11.6. The Morgan fingerprint density at radius 1 is 1.17 bits per heavy atom. The molecular weight excluding hydrogens is 250 g/mol.